The van der Waals surface area contributed by atoms with Crippen LogP contribution in [0, 0.1) is 24.5 Å². The highest BCUT2D eigenvalue weighted by atomic mass is 19.1. The van der Waals surface area contributed by atoms with E-state index in [1.807, 2.05) is 0 Å². The van der Waals surface area contributed by atoms with Crippen molar-refractivity contribution in [2.45, 2.75) is 39.0 Å². The molecule has 4 nitrogen and oxygen atoms in total. The van der Waals surface area contributed by atoms with Crippen molar-refractivity contribution >= 4 is 17.5 Å². The van der Waals surface area contributed by atoms with Gasteiger partial charge in [0.25, 0.3) is 0 Å². The molecule has 2 aromatic rings. The van der Waals surface area contributed by atoms with E-state index in [2.05, 4.69) is 5.32 Å². The van der Waals surface area contributed by atoms with Crippen LogP contribution in [0.15, 0.2) is 36.4 Å². The predicted octanol–water partition coefficient (Wildman–Crippen LogP) is 3.90. The summed E-state index contributed by atoms with van der Waals surface area (Å²) in [5.74, 6) is -3.47. The van der Waals surface area contributed by atoms with E-state index in [1.165, 1.54) is 12.1 Å². The summed E-state index contributed by atoms with van der Waals surface area (Å²) in [5.41, 5.74) is 1.63. The molecular weight excluding hydrogens is 376 g/mol. The fourth-order valence-corrected chi connectivity index (χ4v) is 3.83. The van der Waals surface area contributed by atoms with E-state index in [9.17, 15) is 23.2 Å². The lowest BCUT2D eigenvalue weighted by Gasteiger charge is -2.18. The quantitative estimate of drug-likeness (QED) is 0.719. The summed E-state index contributed by atoms with van der Waals surface area (Å²) in [4.78, 5) is 36.5. The van der Waals surface area contributed by atoms with E-state index in [-0.39, 0.29) is 42.4 Å². The number of amides is 1. The van der Waals surface area contributed by atoms with Crippen LogP contribution in [-0.2, 0) is 16.0 Å². The van der Waals surface area contributed by atoms with Crippen LogP contribution in [-0.4, -0.2) is 24.0 Å². The number of carbonyl (C=O) groups excluding carboxylic acids is 3. The maximum atomic E-state index is 14.4. The summed E-state index contributed by atoms with van der Waals surface area (Å²) < 4.78 is 28.8. The zero-order valence-corrected chi connectivity index (χ0v) is 16.4. The van der Waals surface area contributed by atoms with Crippen molar-refractivity contribution in [3.63, 3.8) is 0 Å². The Bertz CT molecular complexity index is 930. The van der Waals surface area contributed by atoms with E-state index < -0.39 is 23.5 Å². The standard InChI is InChI=1S/C23H23F2NO3/c1-3-21(28)15-6-4-14(5-7-15)10-16(27)11-17-18(12-26-23(17)29)22-19(24)8-13(2)9-20(22)25/h4-9,17-18H,3,10-12H2,1-2H3,(H,26,29)/t17-,18+/m0/s1. The van der Waals surface area contributed by atoms with Crippen LogP contribution in [0.5, 0.6) is 0 Å². The van der Waals surface area contributed by atoms with E-state index in [0.29, 0.717) is 17.5 Å². The first-order valence-electron chi connectivity index (χ1n) is 9.67. The first-order chi connectivity index (χ1) is 13.8. The third-order valence-corrected chi connectivity index (χ3v) is 5.36. The molecule has 1 saturated heterocycles. The van der Waals surface area contributed by atoms with Gasteiger partial charge in [0.1, 0.15) is 17.4 Å². The van der Waals surface area contributed by atoms with Crippen molar-refractivity contribution in [2.24, 2.45) is 5.92 Å². The van der Waals surface area contributed by atoms with Gasteiger partial charge in [0.05, 0.1) is 5.92 Å². The van der Waals surface area contributed by atoms with E-state index in [4.69, 9.17) is 0 Å². The number of hydrogen-bond acceptors (Lipinski definition) is 3. The highest BCUT2D eigenvalue weighted by molar-refractivity contribution is 5.96. The van der Waals surface area contributed by atoms with Gasteiger partial charge in [-0.05, 0) is 30.2 Å². The largest absolute Gasteiger partial charge is 0.355 e. The molecule has 0 radical (unpaired) electrons. The Hall–Kier alpha value is -2.89. The lowest BCUT2D eigenvalue weighted by molar-refractivity contribution is -0.127. The third-order valence-electron chi connectivity index (χ3n) is 5.36. The van der Waals surface area contributed by atoms with Crippen molar-refractivity contribution in [1.29, 1.82) is 0 Å². The molecule has 2 atom stereocenters. The predicted molar refractivity (Wildman–Crippen MR) is 105 cm³/mol. The zero-order valence-electron chi connectivity index (χ0n) is 16.4. The first kappa shape index (κ1) is 20.8. The second-order valence-corrected chi connectivity index (χ2v) is 7.49. The second-order valence-electron chi connectivity index (χ2n) is 7.49. The molecule has 29 heavy (non-hydrogen) atoms. The summed E-state index contributed by atoms with van der Waals surface area (Å²) in [5, 5.41) is 2.62. The first-order valence-corrected chi connectivity index (χ1v) is 9.67. The van der Waals surface area contributed by atoms with Crippen LogP contribution in [0.1, 0.15) is 52.7 Å². The van der Waals surface area contributed by atoms with Gasteiger partial charge in [-0.25, -0.2) is 8.78 Å². The Balaban J connectivity index is 1.73. The third kappa shape index (κ3) is 4.58. The number of halogens is 2. The highest BCUT2D eigenvalue weighted by Crippen LogP contribution is 2.35. The maximum Gasteiger partial charge on any atom is 0.224 e. The SMILES string of the molecule is CCC(=O)c1ccc(CC(=O)C[C@@H]2C(=O)NC[C@H]2c2c(F)cc(C)cc2F)cc1. The molecule has 3 rings (SSSR count). The number of benzene rings is 2. The fourth-order valence-electron chi connectivity index (χ4n) is 3.83. The smallest absolute Gasteiger partial charge is 0.224 e. The maximum absolute atomic E-state index is 14.4. The van der Waals surface area contributed by atoms with Crippen LogP contribution in [0.2, 0.25) is 0 Å². The van der Waals surface area contributed by atoms with Gasteiger partial charge >= 0.3 is 0 Å². The minimum absolute atomic E-state index is 0.0236. The Morgan fingerprint density at radius 1 is 1.10 bits per heavy atom. The normalized spacial score (nSPS) is 18.6. The monoisotopic (exact) mass is 399 g/mol. The molecule has 0 aliphatic carbocycles. The Morgan fingerprint density at radius 2 is 1.72 bits per heavy atom. The van der Waals surface area contributed by atoms with E-state index in [1.54, 1.807) is 38.1 Å². The summed E-state index contributed by atoms with van der Waals surface area (Å²) in [6, 6.07) is 9.25. The molecular formula is C23H23F2NO3. The van der Waals surface area contributed by atoms with Gasteiger partial charge in [0, 0.05) is 42.9 Å². The Morgan fingerprint density at radius 3 is 2.31 bits per heavy atom. The van der Waals surface area contributed by atoms with Crippen molar-refractivity contribution in [1.82, 2.24) is 5.32 Å². The number of Topliss-reactive ketones (excluding diaryl/α,β-unsaturated/α-hetero) is 2. The topological polar surface area (TPSA) is 63.2 Å². The number of ketones is 2. The molecule has 6 heteroatoms. The van der Waals surface area contributed by atoms with E-state index >= 15 is 0 Å². The average molecular weight is 399 g/mol. The van der Waals surface area contributed by atoms with Crippen LogP contribution < -0.4 is 5.32 Å². The molecule has 152 valence electrons. The zero-order chi connectivity index (χ0) is 21.1. The van der Waals surface area contributed by atoms with Gasteiger partial charge in [0.15, 0.2) is 5.78 Å². The molecule has 1 fully saturated rings. The van der Waals surface area contributed by atoms with Gasteiger partial charge < -0.3 is 5.32 Å². The highest BCUT2D eigenvalue weighted by Gasteiger charge is 2.39. The molecule has 0 spiro atoms. The van der Waals surface area contributed by atoms with Crippen molar-refractivity contribution < 1.29 is 23.2 Å². The summed E-state index contributed by atoms with van der Waals surface area (Å²) in [6.07, 6.45) is 0.400. The van der Waals surface area contributed by atoms with Crippen LogP contribution >= 0.6 is 0 Å². The fraction of sp³-hybridized carbons (Fsp3) is 0.348. The summed E-state index contributed by atoms with van der Waals surface area (Å²) >= 11 is 0. The van der Waals surface area contributed by atoms with Gasteiger partial charge in [-0.3, -0.25) is 14.4 Å². The second kappa shape index (κ2) is 8.64. The minimum Gasteiger partial charge on any atom is -0.355 e. The minimum atomic E-state index is -0.810. The molecule has 1 heterocycles. The lowest BCUT2D eigenvalue weighted by Crippen LogP contribution is -2.23. The molecule has 1 amide bonds. The average Bonchev–Trinajstić information content (AvgIpc) is 3.01. The van der Waals surface area contributed by atoms with Gasteiger partial charge in [-0.15, -0.1) is 0 Å². The van der Waals surface area contributed by atoms with Gasteiger partial charge in [-0.2, -0.15) is 0 Å². The Kier molecular flexibility index (Phi) is 6.20. The lowest BCUT2D eigenvalue weighted by atomic mass is 9.83. The van der Waals surface area contributed by atoms with Gasteiger partial charge in [-0.1, -0.05) is 31.2 Å². The molecule has 1 aliphatic rings. The van der Waals surface area contributed by atoms with Gasteiger partial charge in [0.2, 0.25) is 5.91 Å². The van der Waals surface area contributed by atoms with Crippen molar-refractivity contribution in [3.8, 4) is 0 Å². The molecule has 0 saturated carbocycles. The molecule has 1 N–H and O–H groups in total. The number of nitrogens with one attached hydrogen (secondary N) is 1. The number of aryl methyl sites for hydroxylation is 1. The number of rotatable bonds is 7. The molecule has 0 bridgehead atoms. The number of carbonyl (C=O) groups is 3. The summed E-state index contributed by atoms with van der Waals surface area (Å²) in [6.45, 7) is 3.47. The van der Waals surface area contributed by atoms with Crippen LogP contribution in [0.25, 0.3) is 0 Å². The van der Waals surface area contributed by atoms with Crippen LogP contribution in [0.4, 0.5) is 8.78 Å². The molecule has 2 aromatic carbocycles. The van der Waals surface area contributed by atoms with Crippen LogP contribution in [0.3, 0.4) is 0 Å². The van der Waals surface area contributed by atoms with E-state index in [0.717, 1.165) is 5.56 Å². The molecule has 1 aliphatic heterocycles. The number of hydrogen-bond donors (Lipinski definition) is 1. The van der Waals surface area contributed by atoms with Crippen molar-refractivity contribution in [2.75, 3.05) is 6.54 Å². The molecule has 0 aromatic heterocycles. The summed E-state index contributed by atoms with van der Waals surface area (Å²) in [7, 11) is 0. The van der Waals surface area contributed by atoms with Crippen molar-refractivity contribution in [3.05, 3.63) is 70.3 Å². The molecule has 0 unspecified atom stereocenters. The Labute approximate surface area is 168 Å².